The minimum Gasteiger partial charge on any atom is -0.458 e. The molecule has 0 aromatic carbocycles. The number of fused-ring (bicyclic) bond motifs is 5. The van der Waals surface area contributed by atoms with Crippen molar-refractivity contribution in [3.8, 4) is 0 Å². The number of aliphatic hydroxyl groups excluding tert-OH is 1. The van der Waals surface area contributed by atoms with E-state index in [9.17, 15) is 14.7 Å². The number of ether oxygens (including phenoxy) is 8. The van der Waals surface area contributed by atoms with Crippen LogP contribution in [-0.4, -0.2) is 131 Å². The molecule has 0 aromatic rings. The Morgan fingerprint density at radius 1 is 0.891 bits per heavy atom. The number of rotatable bonds is 10. The molecule has 5 fully saturated rings. The summed E-state index contributed by atoms with van der Waals surface area (Å²) in [6.45, 7) is 8.08. The van der Waals surface area contributed by atoms with Crippen molar-refractivity contribution in [2.45, 2.75) is 165 Å². The van der Waals surface area contributed by atoms with Gasteiger partial charge in [0.15, 0.2) is 18.4 Å². The second kappa shape index (κ2) is 18.9. The normalized spacial score (nSPS) is 45.7. The predicted octanol–water partition coefficient (Wildman–Crippen LogP) is 5.24. The van der Waals surface area contributed by atoms with Crippen molar-refractivity contribution in [2.75, 3.05) is 35.4 Å². The lowest BCUT2D eigenvalue weighted by Gasteiger charge is -2.44. The number of nitrogens with zero attached hydrogens (tertiary/aromatic N) is 1. The highest BCUT2D eigenvalue weighted by Gasteiger charge is 2.56. The van der Waals surface area contributed by atoms with Crippen LogP contribution in [0.5, 0.6) is 0 Å². The number of ketones is 1. The number of hydrogen-bond donors (Lipinski definition) is 1. The Hall–Kier alpha value is -1.74. The number of cyclic esters (lactones) is 1. The van der Waals surface area contributed by atoms with Crippen LogP contribution in [0.2, 0.25) is 0 Å². The van der Waals surface area contributed by atoms with E-state index >= 15 is 0 Å². The minimum atomic E-state index is -0.671. The molecule has 3 aliphatic carbocycles. The first-order valence-corrected chi connectivity index (χ1v) is 21.1. The quantitative estimate of drug-likeness (QED) is 0.230. The molecule has 312 valence electrons. The van der Waals surface area contributed by atoms with Crippen LogP contribution < -0.4 is 0 Å². The lowest BCUT2D eigenvalue weighted by molar-refractivity contribution is -0.314. The second-order valence-electron chi connectivity index (χ2n) is 17.4. The Bertz CT molecular complexity index is 1360. The molecule has 0 aromatic heterocycles. The molecule has 3 aliphatic heterocycles. The van der Waals surface area contributed by atoms with Crippen LogP contribution in [0, 0.1) is 35.5 Å². The lowest BCUT2D eigenvalue weighted by atomic mass is 9.65. The van der Waals surface area contributed by atoms with Gasteiger partial charge in [0.1, 0.15) is 24.4 Å². The van der Waals surface area contributed by atoms with Crippen LogP contribution in [0.25, 0.3) is 0 Å². The Labute approximate surface area is 328 Å². The Morgan fingerprint density at radius 3 is 2.31 bits per heavy atom. The predicted molar refractivity (Wildman–Crippen MR) is 205 cm³/mol. The highest BCUT2D eigenvalue weighted by molar-refractivity contribution is 5.99. The van der Waals surface area contributed by atoms with Crippen LogP contribution in [0.15, 0.2) is 23.8 Å². The van der Waals surface area contributed by atoms with E-state index in [0.29, 0.717) is 30.9 Å². The maximum Gasteiger partial charge on any atom is 0.307 e. The molecule has 2 saturated carbocycles. The molecular formula is C43H69NO11. The third kappa shape index (κ3) is 9.28. The summed E-state index contributed by atoms with van der Waals surface area (Å²) in [5.41, 5.74) is 0.640. The highest BCUT2D eigenvalue weighted by atomic mass is 16.7. The Kier molecular flexibility index (Phi) is 14.7. The first-order chi connectivity index (χ1) is 26.4. The highest BCUT2D eigenvalue weighted by Crippen LogP contribution is 2.57. The lowest BCUT2D eigenvalue weighted by Crippen LogP contribution is -2.59. The van der Waals surface area contributed by atoms with E-state index in [2.05, 4.69) is 38.9 Å². The van der Waals surface area contributed by atoms with Gasteiger partial charge in [-0.1, -0.05) is 26.0 Å². The van der Waals surface area contributed by atoms with E-state index in [1.54, 1.807) is 21.3 Å². The van der Waals surface area contributed by atoms with Crippen molar-refractivity contribution in [2.24, 2.45) is 35.5 Å². The van der Waals surface area contributed by atoms with Gasteiger partial charge in [0.2, 0.25) is 0 Å². The van der Waals surface area contributed by atoms with Gasteiger partial charge in [0.05, 0.1) is 36.9 Å². The SMILES string of the molecule is CC/C=C/[C@H]1CCC[C@H](OC2CC[C@H](N(C)C)[C@@H](C)O2)[C@@H](C)C(=O)C2=CC3C4C[C@H](O[C@@H]5O[C@@H](C)[C@H](OC)[C@@H](OC)[C@H]5OC)CC4CC(O)C3C2CC(=O)O1. The summed E-state index contributed by atoms with van der Waals surface area (Å²) in [5.74, 6) is -1.20. The van der Waals surface area contributed by atoms with Crippen LogP contribution in [-0.2, 0) is 47.5 Å². The molecule has 0 amide bonds. The van der Waals surface area contributed by atoms with Gasteiger partial charge in [0.25, 0.3) is 0 Å². The summed E-state index contributed by atoms with van der Waals surface area (Å²) < 4.78 is 49.6. The number of Topliss-reactive ketones (excluding diaryl/α,β-unsaturated/α-hetero) is 1. The molecule has 1 N–H and O–H groups in total. The third-order valence-electron chi connectivity index (χ3n) is 13.8. The fourth-order valence-corrected chi connectivity index (χ4v) is 11.1. The van der Waals surface area contributed by atoms with Gasteiger partial charge in [-0.3, -0.25) is 9.59 Å². The van der Waals surface area contributed by atoms with Gasteiger partial charge in [-0.2, -0.15) is 0 Å². The molecule has 0 radical (unpaired) electrons. The molecule has 55 heavy (non-hydrogen) atoms. The van der Waals surface area contributed by atoms with E-state index in [1.165, 1.54) is 0 Å². The average molecular weight is 776 g/mol. The summed E-state index contributed by atoms with van der Waals surface area (Å²) in [6, 6.07) is 0.310. The molecule has 0 bridgehead atoms. The van der Waals surface area contributed by atoms with Gasteiger partial charge in [-0.25, -0.2) is 0 Å². The first-order valence-electron chi connectivity index (χ1n) is 21.1. The molecule has 12 nitrogen and oxygen atoms in total. The topological polar surface area (TPSA) is 131 Å². The maximum atomic E-state index is 14.8. The molecule has 12 heteroatoms. The molecule has 3 saturated heterocycles. The number of hydrogen-bond acceptors (Lipinski definition) is 12. The Balaban J connectivity index is 1.24. The molecule has 18 atom stereocenters. The van der Waals surface area contributed by atoms with Gasteiger partial charge >= 0.3 is 5.97 Å². The number of esters is 1. The molecular weight excluding hydrogens is 706 g/mol. The zero-order valence-electron chi connectivity index (χ0n) is 34.7. The van der Waals surface area contributed by atoms with Crippen LogP contribution in [0.4, 0.5) is 0 Å². The summed E-state index contributed by atoms with van der Waals surface area (Å²) in [4.78, 5) is 30.7. The zero-order chi connectivity index (χ0) is 39.6. The van der Waals surface area contributed by atoms with Crippen molar-refractivity contribution in [3.05, 3.63) is 23.8 Å². The summed E-state index contributed by atoms with van der Waals surface area (Å²) in [6.07, 6.45) is 8.90. The minimum absolute atomic E-state index is 0.00407. The second-order valence-corrected chi connectivity index (χ2v) is 17.4. The van der Waals surface area contributed by atoms with Crippen LogP contribution >= 0.6 is 0 Å². The van der Waals surface area contributed by atoms with Gasteiger partial charge in [-0.05, 0) is 121 Å². The van der Waals surface area contributed by atoms with E-state index < -0.39 is 36.6 Å². The number of allylic oxidation sites excluding steroid dienone is 3. The molecule has 6 rings (SSSR count). The number of carbonyl (C=O) groups excluding carboxylic acids is 2. The van der Waals surface area contributed by atoms with Crippen molar-refractivity contribution in [1.82, 2.24) is 4.90 Å². The van der Waals surface area contributed by atoms with Crippen LogP contribution in [0.1, 0.15) is 91.9 Å². The summed E-state index contributed by atoms with van der Waals surface area (Å²) in [7, 11) is 9.07. The monoisotopic (exact) mass is 775 g/mol. The summed E-state index contributed by atoms with van der Waals surface area (Å²) in [5, 5.41) is 11.9. The summed E-state index contributed by atoms with van der Waals surface area (Å²) >= 11 is 0. The molecule has 3 heterocycles. The number of aliphatic hydroxyl groups is 1. The van der Waals surface area contributed by atoms with E-state index in [1.807, 2.05) is 26.0 Å². The van der Waals surface area contributed by atoms with Crippen molar-refractivity contribution in [1.29, 1.82) is 0 Å². The smallest absolute Gasteiger partial charge is 0.307 e. The van der Waals surface area contributed by atoms with Gasteiger partial charge in [0, 0.05) is 39.2 Å². The fraction of sp³-hybridized carbons (Fsp3) is 0.860. The van der Waals surface area contributed by atoms with Crippen molar-refractivity contribution in [3.63, 3.8) is 0 Å². The van der Waals surface area contributed by atoms with E-state index in [-0.39, 0.29) is 84.6 Å². The standard InChI is InChI=1S/C43H69NO11/c1-10-11-13-27-14-12-15-35(55-37-17-16-33(44(5)6)24(3)51-37)23(2)39(47)32-21-30-29-20-28(18-26(29)19-34(45)38(30)31(32)22-36(46)53-27)54-43-42(50-9)41(49-8)40(48-7)25(4)52-43/h11,13,21,23-31,33-35,37-38,40-43,45H,10,12,14-20,22H2,1-9H3/b13-11+/t23-,24-,25+,26?,27+,28-,29?,30?,31?,33+,34?,35+,37?,38?,40+,41-,42-,43+/m1/s1. The van der Waals surface area contributed by atoms with E-state index in [4.69, 9.17) is 37.9 Å². The van der Waals surface area contributed by atoms with Crippen molar-refractivity contribution >= 4 is 11.8 Å². The number of methoxy groups -OCH3 is 3. The van der Waals surface area contributed by atoms with Gasteiger partial charge in [-0.15, -0.1) is 0 Å². The molecule has 6 aliphatic rings. The number of likely N-dealkylation sites (N-methyl/N-ethyl adjacent to an activating group) is 1. The third-order valence-corrected chi connectivity index (χ3v) is 13.8. The molecule has 7 unspecified atom stereocenters. The Morgan fingerprint density at radius 2 is 1.64 bits per heavy atom. The number of carbonyl (C=O) groups is 2. The largest absolute Gasteiger partial charge is 0.458 e. The fourth-order valence-electron chi connectivity index (χ4n) is 11.1. The van der Waals surface area contributed by atoms with E-state index in [0.717, 1.165) is 38.5 Å². The van der Waals surface area contributed by atoms with Crippen molar-refractivity contribution < 1.29 is 52.6 Å². The van der Waals surface area contributed by atoms with Crippen LogP contribution in [0.3, 0.4) is 0 Å². The molecule has 0 spiro atoms. The maximum absolute atomic E-state index is 14.8. The van der Waals surface area contributed by atoms with Gasteiger partial charge < -0.3 is 47.9 Å². The zero-order valence-corrected chi connectivity index (χ0v) is 34.7. The average Bonchev–Trinajstić information content (AvgIpc) is 3.73. The first kappa shape index (κ1) is 42.9.